The van der Waals surface area contributed by atoms with E-state index in [0.717, 1.165) is 29.2 Å². The van der Waals surface area contributed by atoms with E-state index in [1.54, 1.807) is 0 Å². The van der Waals surface area contributed by atoms with Crippen molar-refractivity contribution in [1.29, 1.82) is 0 Å². The molecule has 0 saturated carbocycles. The number of carbonyl (C=O) groups is 1. The van der Waals surface area contributed by atoms with Crippen molar-refractivity contribution < 1.29 is 4.79 Å². The Morgan fingerprint density at radius 3 is 2.37 bits per heavy atom. The number of anilines is 1. The van der Waals surface area contributed by atoms with Gasteiger partial charge in [-0.05, 0) is 31.4 Å². The van der Waals surface area contributed by atoms with E-state index in [-0.39, 0.29) is 11.9 Å². The van der Waals surface area contributed by atoms with E-state index in [1.165, 1.54) is 0 Å². The Morgan fingerprint density at radius 1 is 1.19 bits per heavy atom. The van der Waals surface area contributed by atoms with Crippen LogP contribution >= 0.6 is 0 Å². The second-order valence-electron chi connectivity index (χ2n) is 7.24. The van der Waals surface area contributed by atoms with Crippen LogP contribution in [0.1, 0.15) is 51.3 Å². The molecule has 27 heavy (non-hydrogen) atoms. The summed E-state index contributed by atoms with van der Waals surface area (Å²) in [6, 6.07) is 10.1. The number of nitrogens with zero attached hydrogens (tertiary/aromatic N) is 4. The predicted molar refractivity (Wildman–Crippen MR) is 112 cm³/mol. The lowest BCUT2D eigenvalue weighted by Crippen LogP contribution is -2.40. The van der Waals surface area contributed by atoms with Gasteiger partial charge in [-0.3, -0.25) is 0 Å². The minimum absolute atomic E-state index is 0.0220. The Hall–Kier alpha value is -2.50. The smallest absolute Gasteiger partial charge is 0.317 e. The molecule has 2 rings (SSSR count). The van der Waals surface area contributed by atoms with Gasteiger partial charge in [-0.1, -0.05) is 39.0 Å². The van der Waals surface area contributed by atoms with Gasteiger partial charge >= 0.3 is 6.03 Å². The molecule has 0 atom stereocenters. The van der Waals surface area contributed by atoms with Crippen LogP contribution in [-0.2, 0) is 6.54 Å². The number of amides is 2. The molecule has 0 unspecified atom stereocenters. The maximum absolute atomic E-state index is 12.6. The standard InChI is InChI=1S/C21H33N5O/c1-7-14-25(21(27)22-8-2)15-18-19(16(3)4)23-26(20(18)24(5)6)17-12-10-9-11-13-17/h9-13,16H,7-8,14-15H2,1-6H3,(H,22,27). The Balaban J connectivity index is 2.55. The fourth-order valence-corrected chi connectivity index (χ4v) is 3.26. The highest BCUT2D eigenvalue weighted by Crippen LogP contribution is 2.31. The number of hydrogen-bond acceptors (Lipinski definition) is 3. The summed E-state index contributed by atoms with van der Waals surface area (Å²) < 4.78 is 1.99. The Kier molecular flexibility index (Phi) is 7.28. The van der Waals surface area contributed by atoms with Crippen LogP contribution in [0.3, 0.4) is 0 Å². The molecule has 1 N–H and O–H groups in total. The third-order valence-electron chi connectivity index (χ3n) is 4.42. The summed E-state index contributed by atoms with van der Waals surface area (Å²) in [4.78, 5) is 16.5. The van der Waals surface area contributed by atoms with E-state index in [0.29, 0.717) is 19.6 Å². The first-order valence-corrected chi connectivity index (χ1v) is 9.77. The number of carbonyl (C=O) groups excluding carboxylic acids is 1. The number of hydrogen-bond donors (Lipinski definition) is 1. The van der Waals surface area contributed by atoms with Crippen molar-refractivity contribution in [2.75, 3.05) is 32.1 Å². The molecule has 1 aromatic carbocycles. The Bertz CT molecular complexity index is 737. The van der Waals surface area contributed by atoms with Crippen molar-refractivity contribution in [3.8, 4) is 5.69 Å². The molecule has 1 heterocycles. The predicted octanol–water partition coefficient (Wildman–Crippen LogP) is 4.00. The van der Waals surface area contributed by atoms with Crippen LogP contribution in [0.25, 0.3) is 5.69 Å². The highest BCUT2D eigenvalue weighted by atomic mass is 16.2. The monoisotopic (exact) mass is 371 g/mol. The van der Waals surface area contributed by atoms with Crippen molar-refractivity contribution in [3.63, 3.8) is 0 Å². The average Bonchev–Trinajstić information content (AvgIpc) is 3.02. The number of urea groups is 1. The lowest BCUT2D eigenvalue weighted by molar-refractivity contribution is 0.195. The van der Waals surface area contributed by atoms with Gasteiger partial charge in [-0.2, -0.15) is 5.10 Å². The van der Waals surface area contributed by atoms with Gasteiger partial charge in [0.2, 0.25) is 0 Å². The normalized spacial score (nSPS) is 10.9. The number of nitrogens with one attached hydrogen (secondary N) is 1. The molecule has 0 saturated heterocycles. The molecule has 0 aliphatic rings. The van der Waals surface area contributed by atoms with Gasteiger partial charge in [0.05, 0.1) is 17.9 Å². The van der Waals surface area contributed by atoms with Crippen LogP contribution in [0.2, 0.25) is 0 Å². The number of para-hydroxylation sites is 1. The lowest BCUT2D eigenvalue weighted by atomic mass is 10.0. The summed E-state index contributed by atoms with van der Waals surface area (Å²) in [5, 5.41) is 7.87. The topological polar surface area (TPSA) is 53.4 Å². The van der Waals surface area contributed by atoms with Crippen molar-refractivity contribution in [2.45, 2.75) is 46.6 Å². The minimum atomic E-state index is -0.0220. The summed E-state index contributed by atoms with van der Waals surface area (Å²) in [5.74, 6) is 1.29. The van der Waals surface area contributed by atoms with Crippen molar-refractivity contribution >= 4 is 11.8 Å². The van der Waals surface area contributed by atoms with Gasteiger partial charge < -0.3 is 15.1 Å². The van der Waals surface area contributed by atoms with Crippen LogP contribution in [0.4, 0.5) is 10.6 Å². The quantitative estimate of drug-likeness (QED) is 0.763. The summed E-state index contributed by atoms with van der Waals surface area (Å²) >= 11 is 0. The van der Waals surface area contributed by atoms with E-state index in [2.05, 4.69) is 43.1 Å². The van der Waals surface area contributed by atoms with Gasteiger partial charge in [-0.15, -0.1) is 0 Å². The SMILES string of the molecule is CCCN(Cc1c(C(C)C)nn(-c2ccccc2)c1N(C)C)C(=O)NCC. The molecule has 0 fully saturated rings. The fourth-order valence-electron chi connectivity index (χ4n) is 3.26. The molecule has 148 valence electrons. The van der Waals surface area contributed by atoms with Crippen LogP contribution in [-0.4, -0.2) is 47.9 Å². The largest absolute Gasteiger partial charge is 0.362 e. The molecule has 6 nitrogen and oxygen atoms in total. The van der Waals surface area contributed by atoms with Gasteiger partial charge in [-0.25, -0.2) is 9.48 Å². The zero-order chi connectivity index (χ0) is 20.0. The van der Waals surface area contributed by atoms with Crippen molar-refractivity contribution in [1.82, 2.24) is 20.0 Å². The summed E-state index contributed by atoms with van der Waals surface area (Å²) in [5.41, 5.74) is 3.17. The van der Waals surface area contributed by atoms with Crippen molar-refractivity contribution in [3.05, 3.63) is 41.6 Å². The summed E-state index contributed by atoms with van der Waals surface area (Å²) in [6.45, 7) is 10.2. The van der Waals surface area contributed by atoms with Gasteiger partial charge in [0, 0.05) is 32.7 Å². The first kappa shape index (κ1) is 20.8. The van der Waals surface area contributed by atoms with Crippen LogP contribution in [0, 0.1) is 0 Å². The zero-order valence-corrected chi connectivity index (χ0v) is 17.5. The third kappa shape index (κ3) is 4.81. The molecular weight excluding hydrogens is 338 g/mol. The van der Waals surface area contributed by atoms with Crippen LogP contribution in [0.15, 0.2) is 30.3 Å². The summed E-state index contributed by atoms with van der Waals surface area (Å²) in [6.07, 6.45) is 0.915. The van der Waals surface area contributed by atoms with Crippen LogP contribution in [0.5, 0.6) is 0 Å². The number of rotatable bonds is 8. The van der Waals surface area contributed by atoms with E-state index >= 15 is 0 Å². The van der Waals surface area contributed by atoms with E-state index in [9.17, 15) is 4.79 Å². The minimum Gasteiger partial charge on any atom is -0.362 e. The molecule has 1 aromatic heterocycles. The van der Waals surface area contributed by atoms with E-state index in [1.807, 2.05) is 48.8 Å². The van der Waals surface area contributed by atoms with Gasteiger partial charge in [0.1, 0.15) is 5.82 Å². The number of benzene rings is 1. The maximum atomic E-state index is 12.6. The molecule has 6 heteroatoms. The molecular formula is C21H33N5O. The van der Waals surface area contributed by atoms with Gasteiger partial charge in [0.15, 0.2) is 0 Å². The first-order chi connectivity index (χ1) is 12.9. The third-order valence-corrected chi connectivity index (χ3v) is 4.42. The zero-order valence-electron chi connectivity index (χ0n) is 17.5. The molecule has 0 aliphatic carbocycles. The molecule has 2 amide bonds. The second-order valence-corrected chi connectivity index (χ2v) is 7.24. The molecule has 0 aliphatic heterocycles. The Morgan fingerprint density at radius 2 is 1.85 bits per heavy atom. The number of aromatic nitrogens is 2. The lowest BCUT2D eigenvalue weighted by Gasteiger charge is -2.25. The van der Waals surface area contributed by atoms with Crippen molar-refractivity contribution in [2.24, 2.45) is 0 Å². The fraction of sp³-hybridized carbons (Fsp3) is 0.524. The Labute approximate surface area is 163 Å². The average molecular weight is 372 g/mol. The second kappa shape index (κ2) is 9.44. The van der Waals surface area contributed by atoms with E-state index < -0.39 is 0 Å². The van der Waals surface area contributed by atoms with Gasteiger partial charge in [0.25, 0.3) is 0 Å². The molecule has 2 aromatic rings. The molecule has 0 radical (unpaired) electrons. The highest BCUT2D eigenvalue weighted by molar-refractivity contribution is 5.74. The van der Waals surface area contributed by atoms with Crippen LogP contribution < -0.4 is 10.2 Å². The maximum Gasteiger partial charge on any atom is 0.317 e. The summed E-state index contributed by atoms with van der Waals surface area (Å²) in [7, 11) is 4.06. The molecule has 0 spiro atoms. The first-order valence-electron chi connectivity index (χ1n) is 9.77. The van der Waals surface area contributed by atoms with E-state index in [4.69, 9.17) is 5.10 Å². The highest BCUT2D eigenvalue weighted by Gasteiger charge is 2.25. The molecule has 0 bridgehead atoms.